The van der Waals surface area contributed by atoms with E-state index in [0.29, 0.717) is 6.54 Å². The number of sulfonamides is 1. The van der Waals surface area contributed by atoms with Crippen LogP contribution in [0.1, 0.15) is 20.3 Å². The number of rotatable bonds is 8. The third kappa shape index (κ3) is 14.4. The maximum absolute atomic E-state index is 12.0. The lowest BCUT2D eigenvalue weighted by Gasteiger charge is -2.12. The molecule has 0 aromatic heterocycles. The van der Waals surface area contributed by atoms with Crippen LogP contribution in [0.2, 0.25) is 0 Å². The fourth-order valence-electron chi connectivity index (χ4n) is 1.13. The minimum absolute atomic E-state index is 0. The molecule has 0 aromatic carbocycles. The van der Waals surface area contributed by atoms with Gasteiger partial charge in [-0.05, 0) is 13.8 Å². The molecule has 0 aromatic rings. The van der Waals surface area contributed by atoms with E-state index < -0.39 is 22.6 Å². The molecule has 0 aliphatic carbocycles. The quantitative estimate of drug-likeness (QED) is 0.225. The molecule has 0 saturated heterocycles. The molecule has 0 atom stereocenters. The lowest BCUT2D eigenvalue weighted by molar-refractivity contribution is -0.132. The first-order valence-corrected chi connectivity index (χ1v) is 7.91. The first-order valence-electron chi connectivity index (χ1n) is 6.26. The van der Waals surface area contributed by atoms with Crippen molar-refractivity contribution in [2.45, 2.75) is 26.4 Å². The molecule has 0 aliphatic heterocycles. The van der Waals surface area contributed by atoms with Crippen molar-refractivity contribution >= 4 is 40.0 Å². The Labute approximate surface area is 140 Å². The van der Waals surface area contributed by atoms with Crippen molar-refractivity contribution < 1.29 is 21.6 Å². The molecule has 11 heteroatoms. The van der Waals surface area contributed by atoms with E-state index in [0.717, 1.165) is 0 Å². The van der Waals surface area contributed by atoms with Crippen LogP contribution in [-0.2, 0) is 10.0 Å². The minimum atomic E-state index is -4.24. The van der Waals surface area contributed by atoms with E-state index in [1.165, 1.54) is 6.92 Å². The molecule has 0 aliphatic rings. The second-order valence-corrected chi connectivity index (χ2v) is 5.95. The second kappa shape index (κ2) is 11.3. The van der Waals surface area contributed by atoms with E-state index in [1.807, 2.05) is 0 Å². The number of guanidine groups is 1. The molecule has 3 N–H and O–H groups in total. The van der Waals surface area contributed by atoms with E-state index in [9.17, 15) is 21.6 Å². The Morgan fingerprint density at radius 3 is 2.24 bits per heavy atom. The molecule has 0 amide bonds. The van der Waals surface area contributed by atoms with Gasteiger partial charge in [0.05, 0.1) is 18.7 Å². The minimum Gasteiger partial charge on any atom is -0.357 e. The summed E-state index contributed by atoms with van der Waals surface area (Å²) in [6.45, 7) is 3.79. The Morgan fingerprint density at radius 1 is 1.14 bits per heavy atom. The Kier molecular flexibility index (Phi) is 12.4. The van der Waals surface area contributed by atoms with Crippen molar-refractivity contribution in [2.75, 3.05) is 31.9 Å². The Bertz CT molecular complexity index is 402. The van der Waals surface area contributed by atoms with Gasteiger partial charge in [0.2, 0.25) is 10.0 Å². The number of aliphatic imine (C=N–C) groups is 1. The van der Waals surface area contributed by atoms with Gasteiger partial charge in [-0.3, -0.25) is 4.99 Å². The van der Waals surface area contributed by atoms with Gasteiger partial charge in [0.1, 0.15) is 0 Å². The lowest BCUT2D eigenvalue weighted by Crippen LogP contribution is -2.41. The largest absolute Gasteiger partial charge is 0.390 e. The molecule has 0 radical (unpaired) electrons. The SMILES string of the molecule is CCNC(=NCCC(F)(F)F)NCCNS(=O)(=O)CC.I. The summed E-state index contributed by atoms with van der Waals surface area (Å²) < 4.78 is 60.6. The molecule has 0 spiro atoms. The number of nitrogens with one attached hydrogen (secondary N) is 3. The zero-order valence-electron chi connectivity index (χ0n) is 12.0. The zero-order chi connectivity index (χ0) is 15.6. The molecule has 0 bridgehead atoms. The van der Waals surface area contributed by atoms with Gasteiger partial charge in [0.15, 0.2) is 5.96 Å². The van der Waals surface area contributed by atoms with Gasteiger partial charge in [-0.1, -0.05) is 0 Å². The maximum Gasteiger partial charge on any atom is 0.390 e. The van der Waals surface area contributed by atoms with Gasteiger partial charge < -0.3 is 10.6 Å². The summed E-state index contributed by atoms with van der Waals surface area (Å²) in [6, 6.07) is 0. The molecule has 0 saturated carbocycles. The maximum atomic E-state index is 12.0. The summed E-state index contributed by atoms with van der Waals surface area (Å²) in [5.74, 6) is 0.208. The number of hydrogen-bond acceptors (Lipinski definition) is 3. The average Bonchev–Trinajstić information content (AvgIpc) is 2.33. The number of alkyl halides is 3. The molecule has 6 nitrogen and oxygen atoms in total. The van der Waals surface area contributed by atoms with Crippen LogP contribution in [0.25, 0.3) is 0 Å². The van der Waals surface area contributed by atoms with Crippen LogP contribution in [0, 0.1) is 0 Å². The van der Waals surface area contributed by atoms with Crippen LogP contribution in [0.4, 0.5) is 13.2 Å². The van der Waals surface area contributed by atoms with E-state index in [-0.39, 0.29) is 55.3 Å². The molecule has 0 fully saturated rings. The summed E-state index contributed by atoms with van der Waals surface area (Å²) in [4.78, 5) is 3.75. The standard InChI is InChI=1S/C10H21F3N4O2S.HI/c1-3-14-9(15-6-5-10(11,12)13)16-7-8-17-20(18,19)4-2;/h17H,3-8H2,1-2H3,(H2,14,15,16);1H. The first-order chi connectivity index (χ1) is 9.20. The van der Waals surface area contributed by atoms with Crippen molar-refractivity contribution in [1.82, 2.24) is 15.4 Å². The molecular weight excluding hydrogens is 424 g/mol. The van der Waals surface area contributed by atoms with Crippen molar-refractivity contribution in [3.8, 4) is 0 Å². The summed E-state index contributed by atoms with van der Waals surface area (Å²) in [7, 11) is -3.27. The van der Waals surface area contributed by atoms with Crippen molar-refractivity contribution in [1.29, 1.82) is 0 Å². The predicted molar refractivity (Wildman–Crippen MR) is 87.5 cm³/mol. The zero-order valence-corrected chi connectivity index (χ0v) is 15.1. The number of hydrogen-bond donors (Lipinski definition) is 3. The number of nitrogens with zero attached hydrogens (tertiary/aromatic N) is 1. The van der Waals surface area contributed by atoms with Crippen molar-refractivity contribution in [3.63, 3.8) is 0 Å². The van der Waals surface area contributed by atoms with Crippen molar-refractivity contribution in [3.05, 3.63) is 0 Å². The Hall–Kier alpha value is -0.300. The van der Waals surface area contributed by atoms with E-state index >= 15 is 0 Å². The number of halogens is 4. The molecule has 21 heavy (non-hydrogen) atoms. The van der Waals surface area contributed by atoms with Crippen LogP contribution in [0.3, 0.4) is 0 Å². The summed E-state index contributed by atoms with van der Waals surface area (Å²) in [5, 5.41) is 5.52. The highest BCUT2D eigenvalue weighted by Gasteiger charge is 2.26. The van der Waals surface area contributed by atoms with Crippen LogP contribution in [0.15, 0.2) is 4.99 Å². The smallest absolute Gasteiger partial charge is 0.357 e. The fraction of sp³-hybridized carbons (Fsp3) is 0.900. The predicted octanol–water partition coefficient (Wildman–Crippen LogP) is 1.05. The summed E-state index contributed by atoms with van der Waals surface area (Å²) in [5.41, 5.74) is 0. The fourth-order valence-corrected chi connectivity index (χ4v) is 1.74. The second-order valence-electron chi connectivity index (χ2n) is 3.85. The van der Waals surface area contributed by atoms with Crippen LogP contribution in [-0.4, -0.2) is 52.5 Å². The third-order valence-electron chi connectivity index (χ3n) is 2.13. The van der Waals surface area contributed by atoms with Crippen LogP contribution >= 0.6 is 24.0 Å². The molecule has 0 rings (SSSR count). The molecule has 0 heterocycles. The molecular formula is C10H22F3IN4O2S. The van der Waals surface area contributed by atoms with Gasteiger partial charge in [0, 0.05) is 19.6 Å². The van der Waals surface area contributed by atoms with Gasteiger partial charge >= 0.3 is 6.18 Å². The highest BCUT2D eigenvalue weighted by Crippen LogP contribution is 2.18. The van der Waals surface area contributed by atoms with E-state index in [4.69, 9.17) is 0 Å². The molecule has 128 valence electrons. The Balaban J connectivity index is 0. The van der Waals surface area contributed by atoms with E-state index in [2.05, 4.69) is 20.3 Å². The topological polar surface area (TPSA) is 82.6 Å². The van der Waals surface area contributed by atoms with Gasteiger partial charge in [-0.25, -0.2) is 13.1 Å². The summed E-state index contributed by atoms with van der Waals surface area (Å²) in [6.07, 6.45) is -5.23. The monoisotopic (exact) mass is 446 g/mol. The van der Waals surface area contributed by atoms with Gasteiger partial charge in [0.25, 0.3) is 0 Å². The van der Waals surface area contributed by atoms with Crippen LogP contribution in [0.5, 0.6) is 0 Å². The van der Waals surface area contributed by atoms with Crippen molar-refractivity contribution in [2.24, 2.45) is 4.99 Å². The Morgan fingerprint density at radius 2 is 1.76 bits per heavy atom. The summed E-state index contributed by atoms with van der Waals surface area (Å²) >= 11 is 0. The average molecular weight is 446 g/mol. The lowest BCUT2D eigenvalue weighted by atomic mass is 10.4. The molecule has 0 unspecified atom stereocenters. The first kappa shape index (κ1) is 23.0. The van der Waals surface area contributed by atoms with E-state index in [1.54, 1.807) is 6.92 Å². The normalized spacial score (nSPS) is 12.7. The third-order valence-corrected chi connectivity index (χ3v) is 3.53. The highest BCUT2D eigenvalue weighted by molar-refractivity contribution is 14.0. The van der Waals surface area contributed by atoms with Gasteiger partial charge in [-0.2, -0.15) is 13.2 Å². The highest BCUT2D eigenvalue weighted by atomic mass is 127. The van der Waals surface area contributed by atoms with Gasteiger partial charge in [-0.15, -0.1) is 24.0 Å². The van der Waals surface area contributed by atoms with Crippen LogP contribution < -0.4 is 15.4 Å².